The average molecular weight is 307 g/mol. The molecule has 1 aliphatic heterocycles. The van der Waals surface area contributed by atoms with Gasteiger partial charge in [0.15, 0.2) is 5.11 Å². The molecule has 1 fully saturated rings. The van der Waals surface area contributed by atoms with E-state index in [2.05, 4.69) is 10.2 Å². The summed E-state index contributed by atoms with van der Waals surface area (Å²) in [7, 11) is 0. The summed E-state index contributed by atoms with van der Waals surface area (Å²) < 4.78 is 5.40. The number of nitrogens with zero attached hydrogens (tertiary/aromatic N) is 1. The maximum Gasteiger partial charge on any atom is 0.220 e. The smallest absolute Gasteiger partial charge is 0.220 e. The van der Waals surface area contributed by atoms with Gasteiger partial charge in [0.05, 0.1) is 6.61 Å². The molecule has 21 heavy (non-hydrogen) atoms. The van der Waals surface area contributed by atoms with Crippen LogP contribution >= 0.6 is 12.2 Å². The molecule has 1 aromatic carbocycles. The van der Waals surface area contributed by atoms with E-state index in [9.17, 15) is 4.79 Å². The van der Waals surface area contributed by atoms with Gasteiger partial charge in [0.1, 0.15) is 5.75 Å². The van der Waals surface area contributed by atoms with Crippen LogP contribution in [0.15, 0.2) is 24.3 Å². The Morgan fingerprint density at radius 2 is 2.00 bits per heavy atom. The fourth-order valence-electron chi connectivity index (χ4n) is 2.37. The summed E-state index contributed by atoms with van der Waals surface area (Å²) in [6.45, 7) is 4.13. The van der Waals surface area contributed by atoms with E-state index in [1.165, 1.54) is 0 Å². The third kappa shape index (κ3) is 4.32. The number of likely N-dealkylation sites (tertiary alicyclic amines) is 1. The molecule has 0 saturated carbocycles. The zero-order chi connectivity index (χ0) is 15.2. The minimum absolute atomic E-state index is 0.0190. The van der Waals surface area contributed by atoms with Gasteiger partial charge >= 0.3 is 0 Å². The minimum Gasteiger partial charge on any atom is -0.494 e. The summed E-state index contributed by atoms with van der Waals surface area (Å²) in [5, 5.41) is 3.89. The van der Waals surface area contributed by atoms with E-state index in [1.54, 1.807) is 0 Å². The van der Waals surface area contributed by atoms with E-state index in [0.29, 0.717) is 11.7 Å². The monoisotopic (exact) mass is 307 g/mol. The first-order chi connectivity index (χ1) is 10.1. The number of piperidine rings is 1. The Balaban J connectivity index is 1.85. The fraction of sp³-hybridized carbons (Fsp3) is 0.467. The van der Waals surface area contributed by atoms with Crippen LogP contribution in [0.3, 0.4) is 0 Å². The second-order valence-corrected chi connectivity index (χ2v) is 5.44. The maximum atomic E-state index is 11.2. The molecule has 2 rings (SSSR count). The molecule has 0 radical (unpaired) electrons. The van der Waals surface area contributed by atoms with Crippen LogP contribution in [0.4, 0.5) is 5.69 Å². The number of ether oxygens (including phenoxy) is 1. The van der Waals surface area contributed by atoms with Crippen LogP contribution in [0, 0.1) is 5.92 Å². The van der Waals surface area contributed by atoms with Gasteiger partial charge in [-0.05, 0) is 56.2 Å². The van der Waals surface area contributed by atoms with Crippen LogP contribution in [0.25, 0.3) is 0 Å². The summed E-state index contributed by atoms with van der Waals surface area (Å²) >= 11 is 5.41. The zero-order valence-corrected chi connectivity index (χ0v) is 13.0. The van der Waals surface area contributed by atoms with Crippen molar-refractivity contribution in [1.82, 2.24) is 4.90 Å². The largest absolute Gasteiger partial charge is 0.494 e. The van der Waals surface area contributed by atoms with Gasteiger partial charge in [-0.25, -0.2) is 0 Å². The predicted octanol–water partition coefficient (Wildman–Crippen LogP) is 1.98. The molecule has 1 aromatic rings. The Labute approximate surface area is 130 Å². The van der Waals surface area contributed by atoms with Crippen LogP contribution in [0.2, 0.25) is 0 Å². The summed E-state index contributed by atoms with van der Waals surface area (Å²) in [6.07, 6.45) is 1.53. The highest BCUT2D eigenvalue weighted by atomic mass is 32.1. The summed E-state index contributed by atoms with van der Waals surface area (Å²) in [4.78, 5) is 13.2. The lowest BCUT2D eigenvalue weighted by molar-refractivity contribution is -0.122. The quantitative estimate of drug-likeness (QED) is 0.833. The molecule has 1 aliphatic rings. The van der Waals surface area contributed by atoms with E-state index in [4.69, 9.17) is 22.7 Å². The van der Waals surface area contributed by atoms with Crippen LogP contribution in [-0.2, 0) is 4.79 Å². The van der Waals surface area contributed by atoms with E-state index < -0.39 is 0 Å². The van der Waals surface area contributed by atoms with Crippen molar-refractivity contribution in [3.63, 3.8) is 0 Å². The Bertz CT molecular complexity index is 496. The van der Waals surface area contributed by atoms with Gasteiger partial charge in [-0.2, -0.15) is 0 Å². The number of nitrogens with one attached hydrogen (secondary N) is 1. The third-order valence-electron chi connectivity index (χ3n) is 3.60. The topological polar surface area (TPSA) is 67.6 Å². The van der Waals surface area contributed by atoms with Crippen LogP contribution in [0.1, 0.15) is 19.8 Å². The Morgan fingerprint density at radius 3 is 2.52 bits per heavy atom. The first kappa shape index (κ1) is 15.6. The first-order valence-corrected chi connectivity index (χ1v) is 7.59. The number of benzene rings is 1. The Kier molecular flexibility index (Phi) is 5.38. The molecule has 5 nitrogen and oxygen atoms in total. The number of rotatable bonds is 4. The molecule has 1 amide bonds. The average Bonchev–Trinajstić information content (AvgIpc) is 2.49. The molecular formula is C15H21N3O2S. The highest BCUT2D eigenvalue weighted by Gasteiger charge is 2.24. The van der Waals surface area contributed by atoms with Gasteiger partial charge < -0.3 is 20.7 Å². The number of anilines is 1. The van der Waals surface area contributed by atoms with E-state index in [0.717, 1.165) is 37.4 Å². The maximum absolute atomic E-state index is 11.2. The lowest BCUT2D eigenvalue weighted by Gasteiger charge is -2.32. The minimum atomic E-state index is -0.208. The molecular weight excluding hydrogens is 286 g/mol. The molecule has 3 N–H and O–H groups in total. The molecule has 0 atom stereocenters. The lowest BCUT2D eigenvalue weighted by Crippen LogP contribution is -2.43. The van der Waals surface area contributed by atoms with Crippen molar-refractivity contribution in [2.24, 2.45) is 11.7 Å². The SMILES string of the molecule is CCOc1ccc(NC(=S)N2CCC(C(N)=O)CC2)cc1. The molecule has 114 valence electrons. The lowest BCUT2D eigenvalue weighted by atomic mass is 9.97. The highest BCUT2D eigenvalue weighted by Crippen LogP contribution is 2.19. The van der Waals surface area contributed by atoms with E-state index >= 15 is 0 Å². The molecule has 0 unspecified atom stereocenters. The normalized spacial score (nSPS) is 15.6. The fourth-order valence-corrected chi connectivity index (χ4v) is 2.67. The molecule has 0 spiro atoms. The van der Waals surface area contributed by atoms with Gasteiger partial charge in [-0.3, -0.25) is 4.79 Å². The van der Waals surface area contributed by atoms with E-state index in [-0.39, 0.29) is 11.8 Å². The van der Waals surface area contributed by atoms with Crippen LogP contribution in [-0.4, -0.2) is 35.6 Å². The summed E-state index contributed by atoms with van der Waals surface area (Å²) in [6, 6.07) is 7.70. The van der Waals surface area contributed by atoms with Crippen LogP contribution < -0.4 is 15.8 Å². The number of primary amides is 1. The summed E-state index contributed by atoms with van der Waals surface area (Å²) in [5.74, 6) is 0.616. The van der Waals surface area contributed by atoms with E-state index in [1.807, 2.05) is 31.2 Å². The number of carbonyl (C=O) groups excluding carboxylic acids is 1. The van der Waals surface area contributed by atoms with Gasteiger partial charge in [0.2, 0.25) is 5.91 Å². The van der Waals surface area contributed by atoms with Gasteiger partial charge in [0.25, 0.3) is 0 Å². The second-order valence-electron chi connectivity index (χ2n) is 5.05. The number of thiocarbonyl (C=S) groups is 1. The molecule has 0 aromatic heterocycles. The zero-order valence-electron chi connectivity index (χ0n) is 12.2. The number of amides is 1. The highest BCUT2D eigenvalue weighted by molar-refractivity contribution is 7.80. The van der Waals surface area contributed by atoms with Gasteiger partial charge in [-0.15, -0.1) is 0 Å². The Morgan fingerprint density at radius 1 is 1.38 bits per heavy atom. The van der Waals surface area contributed by atoms with Gasteiger partial charge in [0, 0.05) is 24.7 Å². The first-order valence-electron chi connectivity index (χ1n) is 7.18. The van der Waals surface area contributed by atoms with Crippen molar-refractivity contribution in [3.05, 3.63) is 24.3 Å². The number of nitrogens with two attached hydrogens (primary N) is 1. The molecule has 0 bridgehead atoms. The standard InChI is InChI=1S/C15H21N3O2S/c1-2-20-13-5-3-12(4-6-13)17-15(21)18-9-7-11(8-10-18)14(16)19/h3-6,11H,2,7-10H2,1H3,(H2,16,19)(H,17,21). The summed E-state index contributed by atoms with van der Waals surface area (Å²) in [5.41, 5.74) is 6.26. The van der Waals surface area contributed by atoms with Crippen molar-refractivity contribution in [1.29, 1.82) is 0 Å². The molecule has 0 aliphatic carbocycles. The van der Waals surface area contributed by atoms with Crippen molar-refractivity contribution < 1.29 is 9.53 Å². The molecule has 1 heterocycles. The molecule has 1 saturated heterocycles. The van der Waals surface area contributed by atoms with Crippen LogP contribution in [0.5, 0.6) is 5.75 Å². The molecule has 6 heteroatoms. The third-order valence-corrected chi connectivity index (χ3v) is 3.96. The number of hydrogen-bond donors (Lipinski definition) is 2. The number of carbonyl (C=O) groups is 1. The van der Waals surface area contributed by atoms with Gasteiger partial charge in [-0.1, -0.05) is 0 Å². The van der Waals surface area contributed by atoms with Crippen molar-refractivity contribution in [2.75, 3.05) is 25.0 Å². The van der Waals surface area contributed by atoms with Crippen molar-refractivity contribution in [3.8, 4) is 5.75 Å². The second kappa shape index (κ2) is 7.26. The number of hydrogen-bond acceptors (Lipinski definition) is 3. The van der Waals surface area contributed by atoms with Crippen molar-refractivity contribution in [2.45, 2.75) is 19.8 Å². The van der Waals surface area contributed by atoms with Crippen molar-refractivity contribution >= 4 is 28.9 Å². The predicted molar refractivity (Wildman–Crippen MR) is 87.3 cm³/mol. The Hall–Kier alpha value is -1.82.